The molecular formula is C14H12F3N3O. The molecule has 4 nitrogen and oxygen atoms in total. The second-order valence-electron chi connectivity index (χ2n) is 4.36. The van der Waals surface area contributed by atoms with Crippen LogP contribution in [-0.4, -0.2) is 23.0 Å². The van der Waals surface area contributed by atoms with Crippen molar-refractivity contribution in [2.45, 2.75) is 6.54 Å². The molecule has 0 saturated heterocycles. The fraction of sp³-hybridized carbons (Fsp3) is 0.143. The Morgan fingerprint density at radius 1 is 1.14 bits per heavy atom. The van der Waals surface area contributed by atoms with Crippen molar-refractivity contribution < 1.29 is 18.0 Å². The lowest BCUT2D eigenvalue weighted by Crippen LogP contribution is -2.31. The zero-order chi connectivity index (χ0) is 15.4. The van der Waals surface area contributed by atoms with Crippen molar-refractivity contribution in [1.82, 2.24) is 9.88 Å². The molecule has 0 unspecified atom stereocenters. The van der Waals surface area contributed by atoms with E-state index in [0.29, 0.717) is 0 Å². The van der Waals surface area contributed by atoms with Crippen molar-refractivity contribution in [3.05, 3.63) is 59.7 Å². The molecule has 1 heterocycles. The van der Waals surface area contributed by atoms with Crippen LogP contribution in [0.4, 0.5) is 23.7 Å². The summed E-state index contributed by atoms with van der Waals surface area (Å²) in [4.78, 5) is 17.0. The fourth-order valence-electron chi connectivity index (χ4n) is 1.67. The summed E-state index contributed by atoms with van der Waals surface area (Å²) in [6.07, 6.45) is 3.16. The van der Waals surface area contributed by atoms with E-state index >= 15 is 0 Å². The lowest BCUT2D eigenvalue weighted by molar-refractivity contribution is 0.220. The molecule has 110 valence electrons. The number of nitrogens with zero attached hydrogens (tertiary/aromatic N) is 2. The van der Waals surface area contributed by atoms with E-state index in [0.717, 1.165) is 17.7 Å². The summed E-state index contributed by atoms with van der Waals surface area (Å²) in [6.45, 7) is 0.264. The Morgan fingerprint density at radius 3 is 2.48 bits per heavy atom. The summed E-state index contributed by atoms with van der Waals surface area (Å²) in [5.41, 5.74) is 0.411. The van der Waals surface area contributed by atoms with E-state index in [-0.39, 0.29) is 6.54 Å². The van der Waals surface area contributed by atoms with Gasteiger partial charge in [-0.2, -0.15) is 0 Å². The second kappa shape index (κ2) is 6.25. The number of amides is 2. The molecule has 1 aromatic heterocycles. The van der Waals surface area contributed by atoms with Crippen molar-refractivity contribution >= 4 is 11.7 Å². The minimum absolute atomic E-state index is 0.264. The number of hydrogen-bond donors (Lipinski definition) is 1. The first kappa shape index (κ1) is 14.8. The molecule has 0 aliphatic rings. The van der Waals surface area contributed by atoms with Crippen molar-refractivity contribution in [3.63, 3.8) is 0 Å². The number of nitrogens with one attached hydrogen (secondary N) is 1. The Bertz CT molecular complexity index is 649. The van der Waals surface area contributed by atoms with E-state index in [1.165, 1.54) is 11.9 Å². The molecule has 0 aliphatic heterocycles. The Labute approximate surface area is 119 Å². The van der Waals surface area contributed by atoms with E-state index in [1.807, 2.05) is 0 Å². The van der Waals surface area contributed by atoms with Gasteiger partial charge in [0, 0.05) is 26.0 Å². The van der Waals surface area contributed by atoms with E-state index in [2.05, 4.69) is 10.3 Å². The van der Waals surface area contributed by atoms with Crippen LogP contribution in [0.15, 0.2) is 36.7 Å². The zero-order valence-corrected chi connectivity index (χ0v) is 11.1. The number of rotatable bonds is 3. The van der Waals surface area contributed by atoms with E-state index in [9.17, 15) is 18.0 Å². The molecule has 2 rings (SSSR count). The Balaban J connectivity index is 2.06. The number of anilines is 1. The van der Waals surface area contributed by atoms with Gasteiger partial charge < -0.3 is 10.2 Å². The Morgan fingerprint density at radius 2 is 1.81 bits per heavy atom. The fourth-order valence-corrected chi connectivity index (χ4v) is 1.67. The topological polar surface area (TPSA) is 45.2 Å². The second-order valence-corrected chi connectivity index (χ2v) is 4.36. The highest BCUT2D eigenvalue weighted by atomic mass is 19.2. The number of urea groups is 1. The van der Waals surface area contributed by atoms with Gasteiger partial charge >= 0.3 is 6.03 Å². The summed E-state index contributed by atoms with van der Waals surface area (Å²) >= 11 is 0. The molecule has 0 saturated carbocycles. The normalized spacial score (nSPS) is 10.3. The third kappa shape index (κ3) is 3.50. The van der Waals surface area contributed by atoms with Crippen molar-refractivity contribution in [2.75, 3.05) is 12.4 Å². The molecule has 1 N–H and O–H groups in total. The average molecular weight is 295 g/mol. The zero-order valence-electron chi connectivity index (χ0n) is 11.1. The van der Waals surface area contributed by atoms with Gasteiger partial charge in [0.05, 0.1) is 5.69 Å². The Kier molecular flexibility index (Phi) is 4.42. The lowest BCUT2D eigenvalue weighted by Gasteiger charge is -2.18. The van der Waals surface area contributed by atoms with Crippen LogP contribution in [0.5, 0.6) is 0 Å². The molecule has 0 atom stereocenters. The number of benzene rings is 1. The predicted molar refractivity (Wildman–Crippen MR) is 71.0 cm³/mol. The van der Waals surface area contributed by atoms with Gasteiger partial charge in [0.2, 0.25) is 0 Å². The van der Waals surface area contributed by atoms with Crippen molar-refractivity contribution in [1.29, 1.82) is 0 Å². The monoisotopic (exact) mass is 295 g/mol. The van der Waals surface area contributed by atoms with Crippen molar-refractivity contribution in [2.24, 2.45) is 0 Å². The molecule has 0 spiro atoms. The summed E-state index contributed by atoms with van der Waals surface area (Å²) in [5, 5.41) is 2.19. The van der Waals surface area contributed by atoms with Gasteiger partial charge in [-0.15, -0.1) is 0 Å². The predicted octanol–water partition coefficient (Wildman–Crippen LogP) is 3.16. The van der Waals surface area contributed by atoms with Gasteiger partial charge in [0.25, 0.3) is 0 Å². The molecule has 0 aliphatic carbocycles. The van der Waals surface area contributed by atoms with Gasteiger partial charge in [-0.25, -0.2) is 18.0 Å². The molecule has 0 fully saturated rings. The highest BCUT2D eigenvalue weighted by Crippen LogP contribution is 2.20. The largest absolute Gasteiger partial charge is 0.323 e. The van der Waals surface area contributed by atoms with Gasteiger partial charge in [-0.3, -0.25) is 4.98 Å². The van der Waals surface area contributed by atoms with E-state index in [4.69, 9.17) is 0 Å². The van der Waals surface area contributed by atoms with Crippen LogP contribution in [-0.2, 0) is 6.54 Å². The SMILES string of the molecule is CN(Cc1ccncc1)C(=O)Nc1ccc(F)c(F)c1F. The number of carbonyl (C=O) groups excluding carboxylic acids is 1. The van der Waals surface area contributed by atoms with Crippen LogP contribution in [0, 0.1) is 17.5 Å². The quantitative estimate of drug-likeness (QED) is 0.884. The first-order valence-electron chi connectivity index (χ1n) is 6.03. The summed E-state index contributed by atoms with van der Waals surface area (Å²) in [6, 6.07) is 4.52. The third-order valence-corrected chi connectivity index (χ3v) is 2.79. The van der Waals surface area contributed by atoms with E-state index in [1.54, 1.807) is 24.5 Å². The standard InChI is InChI=1S/C14H12F3N3O/c1-20(8-9-4-6-18-7-5-9)14(21)19-11-3-2-10(15)12(16)13(11)17/h2-7H,8H2,1H3,(H,19,21). The number of pyridine rings is 1. The number of carbonyl (C=O) groups is 1. The smallest absolute Gasteiger partial charge is 0.321 e. The molecule has 0 bridgehead atoms. The van der Waals surface area contributed by atoms with Gasteiger partial charge in [0.15, 0.2) is 17.5 Å². The summed E-state index contributed by atoms with van der Waals surface area (Å²) in [5.74, 6) is -4.36. The van der Waals surface area contributed by atoms with Crippen LogP contribution in [0.1, 0.15) is 5.56 Å². The number of halogens is 3. The maximum Gasteiger partial charge on any atom is 0.321 e. The molecular weight excluding hydrogens is 283 g/mol. The number of hydrogen-bond acceptors (Lipinski definition) is 2. The average Bonchev–Trinajstić information content (AvgIpc) is 2.48. The van der Waals surface area contributed by atoms with Gasteiger partial charge in [-0.1, -0.05) is 0 Å². The highest BCUT2D eigenvalue weighted by Gasteiger charge is 2.17. The summed E-state index contributed by atoms with van der Waals surface area (Å²) < 4.78 is 39.3. The first-order valence-corrected chi connectivity index (χ1v) is 6.03. The number of aromatic nitrogens is 1. The Hall–Kier alpha value is -2.57. The molecule has 2 aromatic rings. The van der Waals surface area contributed by atoms with Crippen LogP contribution in [0.25, 0.3) is 0 Å². The highest BCUT2D eigenvalue weighted by molar-refractivity contribution is 5.89. The minimum atomic E-state index is -1.62. The third-order valence-electron chi connectivity index (χ3n) is 2.79. The molecule has 7 heteroatoms. The maximum atomic E-state index is 13.5. The molecule has 1 aromatic carbocycles. The molecule has 2 amide bonds. The first-order chi connectivity index (χ1) is 9.99. The van der Waals surface area contributed by atoms with Crippen LogP contribution >= 0.6 is 0 Å². The van der Waals surface area contributed by atoms with Crippen molar-refractivity contribution in [3.8, 4) is 0 Å². The van der Waals surface area contributed by atoms with Crippen LogP contribution < -0.4 is 5.32 Å². The maximum absolute atomic E-state index is 13.5. The van der Waals surface area contributed by atoms with E-state index < -0.39 is 29.2 Å². The lowest BCUT2D eigenvalue weighted by atomic mass is 10.2. The van der Waals surface area contributed by atoms with Gasteiger partial charge in [0.1, 0.15) is 0 Å². The molecule has 21 heavy (non-hydrogen) atoms. The molecule has 0 radical (unpaired) electrons. The van der Waals surface area contributed by atoms with Crippen LogP contribution in [0.3, 0.4) is 0 Å². The van der Waals surface area contributed by atoms with Crippen LogP contribution in [0.2, 0.25) is 0 Å². The van der Waals surface area contributed by atoms with Gasteiger partial charge in [-0.05, 0) is 29.8 Å². The summed E-state index contributed by atoms with van der Waals surface area (Å²) in [7, 11) is 1.49. The minimum Gasteiger partial charge on any atom is -0.323 e.